The topological polar surface area (TPSA) is 68.0 Å². The van der Waals surface area contributed by atoms with Gasteiger partial charge >= 0.3 is 0 Å². The van der Waals surface area contributed by atoms with Crippen molar-refractivity contribution in [2.75, 3.05) is 5.32 Å². The first kappa shape index (κ1) is 12.4. The van der Waals surface area contributed by atoms with Crippen molar-refractivity contribution in [2.45, 2.75) is 6.92 Å². The molecule has 1 aromatic carbocycles. The zero-order valence-corrected chi connectivity index (χ0v) is 10.7. The van der Waals surface area contributed by atoms with Crippen LogP contribution >= 0.6 is 12.2 Å². The van der Waals surface area contributed by atoms with Crippen LogP contribution in [0.15, 0.2) is 36.5 Å². The first-order valence-electron chi connectivity index (χ1n) is 5.53. The summed E-state index contributed by atoms with van der Waals surface area (Å²) in [5.41, 5.74) is 6.88. The molecule has 0 aliphatic heterocycles. The average Bonchev–Trinajstić information content (AvgIpc) is 2.38. The van der Waals surface area contributed by atoms with Gasteiger partial charge in [-0.25, -0.2) is 0 Å². The number of pyridine rings is 1. The summed E-state index contributed by atoms with van der Waals surface area (Å²) in [6.07, 6.45) is 1.69. The number of nitrogens with two attached hydrogens (primary N) is 1. The number of nitrogens with one attached hydrogen (secondary N) is 1. The van der Waals surface area contributed by atoms with Crippen molar-refractivity contribution >= 4 is 39.7 Å². The minimum Gasteiger partial charge on any atom is -0.393 e. The number of rotatable bonds is 3. The van der Waals surface area contributed by atoms with Crippen LogP contribution in [0.2, 0.25) is 0 Å². The lowest BCUT2D eigenvalue weighted by Crippen LogP contribution is -2.30. The van der Waals surface area contributed by atoms with E-state index in [1.807, 2.05) is 24.3 Å². The van der Waals surface area contributed by atoms with Gasteiger partial charge in [-0.3, -0.25) is 9.78 Å². The highest BCUT2D eigenvalue weighted by Gasteiger charge is 2.16. The van der Waals surface area contributed by atoms with Gasteiger partial charge in [0, 0.05) is 11.6 Å². The van der Waals surface area contributed by atoms with Gasteiger partial charge in [0.05, 0.1) is 22.1 Å². The lowest BCUT2D eigenvalue weighted by molar-refractivity contribution is -0.117. The number of fused-ring (bicyclic) bond motifs is 1. The largest absolute Gasteiger partial charge is 0.393 e. The third kappa shape index (κ3) is 2.46. The van der Waals surface area contributed by atoms with E-state index in [0.717, 1.165) is 10.9 Å². The molecular weight excluding hydrogens is 246 g/mol. The van der Waals surface area contributed by atoms with Gasteiger partial charge in [-0.05, 0) is 19.1 Å². The number of hydrogen-bond acceptors (Lipinski definition) is 3. The summed E-state index contributed by atoms with van der Waals surface area (Å²) in [5, 5.41) is 3.77. The number of carbonyl (C=O) groups excluding carboxylic acids is 1. The van der Waals surface area contributed by atoms with Crippen LogP contribution in [-0.4, -0.2) is 15.9 Å². The predicted octanol–water partition coefficient (Wildman–Crippen LogP) is 2.10. The number of carbonyl (C=O) groups is 1. The highest BCUT2D eigenvalue weighted by molar-refractivity contribution is 7.80. The van der Waals surface area contributed by atoms with E-state index < -0.39 is 5.92 Å². The molecule has 0 saturated carbocycles. The number of nitrogens with zero attached hydrogens (tertiary/aromatic N) is 1. The second kappa shape index (κ2) is 5.10. The van der Waals surface area contributed by atoms with Crippen molar-refractivity contribution in [3.8, 4) is 0 Å². The van der Waals surface area contributed by atoms with Crippen LogP contribution in [0.1, 0.15) is 6.92 Å². The lowest BCUT2D eigenvalue weighted by Gasteiger charge is -2.11. The molecule has 2 rings (SSSR count). The molecule has 4 nitrogen and oxygen atoms in total. The normalized spacial score (nSPS) is 12.1. The van der Waals surface area contributed by atoms with Gasteiger partial charge < -0.3 is 11.1 Å². The molecule has 1 unspecified atom stereocenters. The van der Waals surface area contributed by atoms with Crippen molar-refractivity contribution in [1.82, 2.24) is 4.98 Å². The molecule has 18 heavy (non-hydrogen) atoms. The van der Waals surface area contributed by atoms with Crippen molar-refractivity contribution in [3.63, 3.8) is 0 Å². The molecule has 0 bridgehead atoms. The second-order valence-corrected chi connectivity index (χ2v) is 4.47. The van der Waals surface area contributed by atoms with E-state index >= 15 is 0 Å². The fourth-order valence-corrected chi connectivity index (χ4v) is 1.68. The van der Waals surface area contributed by atoms with Crippen molar-refractivity contribution in [2.24, 2.45) is 11.7 Å². The molecular formula is C13H13N3OS. The highest BCUT2D eigenvalue weighted by atomic mass is 32.1. The number of amides is 1. The van der Waals surface area contributed by atoms with Crippen molar-refractivity contribution in [1.29, 1.82) is 0 Å². The summed E-state index contributed by atoms with van der Waals surface area (Å²) in [5.74, 6) is -0.723. The molecule has 0 aliphatic carbocycles. The third-order valence-electron chi connectivity index (χ3n) is 2.71. The van der Waals surface area contributed by atoms with Gasteiger partial charge in [-0.15, -0.1) is 0 Å². The van der Waals surface area contributed by atoms with Gasteiger partial charge in [-0.2, -0.15) is 0 Å². The molecule has 0 fully saturated rings. The van der Waals surface area contributed by atoms with E-state index in [4.69, 9.17) is 18.0 Å². The molecule has 0 spiro atoms. The summed E-state index contributed by atoms with van der Waals surface area (Å²) in [6, 6.07) is 9.40. The van der Waals surface area contributed by atoms with E-state index in [1.54, 1.807) is 19.2 Å². The maximum absolute atomic E-state index is 11.9. The number of benzene rings is 1. The van der Waals surface area contributed by atoms with E-state index in [0.29, 0.717) is 5.69 Å². The maximum atomic E-state index is 11.9. The van der Waals surface area contributed by atoms with Crippen LogP contribution in [0.25, 0.3) is 10.9 Å². The summed E-state index contributed by atoms with van der Waals surface area (Å²) >= 11 is 4.81. The number of aromatic nitrogens is 1. The first-order chi connectivity index (χ1) is 8.59. The second-order valence-electron chi connectivity index (χ2n) is 3.99. The number of hydrogen-bond donors (Lipinski definition) is 2. The van der Waals surface area contributed by atoms with Crippen LogP contribution in [-0.2, 0) is 4.79 Å². The zero-order valence-electron chi connectivity index (χ0n) is 9.88. The molecule has 0 radical (unpaired) electrons. The number of anilines is 1. The van der Waals surface area contributed by atoms with E-state index in [1.165, 1.54) is 0 Å². The van der Waals surface area contributed by atoms with Crippen LogP contribution < -0.4 is 11.1 Å². The molecule has 1 aromatic heterocycles. The smallest absolute Gasteiger partial charge is 0.234 e. The Bertz CT molecular complexity index is 607. The van der Waals surface area contributed by atoms with Crippen LogP contribution in [0, 0.1) is 5.92 Å². The Morgan fingerprint density at radius 2 is 2.11 bits per heavy atom. The summed E-state index contributed by atoms with van der Waals surface area (Å²) < 4.78 is 0. The van der Waals surface area contributed by atoms with Gasteiger partial charge in [0.2, 0.25) is 5.91 Å². The number of para-hydroxylation sites is 1. The molecule has 0 aliphatic rings. The monoisotopic (exact) mass is 259 g/mol. The van der Waals surface area contributed by atoms with Gasteiger partial charge in [-0.1, -0.05) is 30.4 Å². The van der Waals surface area contributed by atoms with E-state index in [9.17, 15) is 4.79 Å². The minimum atomic E-state index is -0.501. The Kier molecular flexibility index (Phi) is 3.53. The Hall–Kier alpha value is -2.01. The summed E-state index contributed by atoms with van der Waals surface area (Å²) in [4.78, 5) is 16.3. The Morgan fingerprint density at radius 1 is 1.39 bits per heavy atom. The molecule has 1 atom stereocenters. The Morgan fingerprint density at radius 3 is 2.83 bits per heavy atom. The van der Waals surface area contributed by atoms with Gasteiger partial charge in [0.15, 0.2) is 0 Å². The summed E-state index contributed by atoms with van der Waals surface area (Å²) in [6.45, 7) is 1.68. The first-order valence-corrected chi connectivity index (χ1v) is 5.94. The zero-order chi connectivity index (χ0) is 13.1. The van der Waals surface area contributed by atoms with Gasteiger partial charge in [0.25, 0.3) is 0 Å². The van der Waals surface area contributed by atoms with Crippen LogP contribution in [0.4, 0.5) is 5.69 Å². The maximum Gasteiger partial charge on any atom is 0.234 e. The third-order valence-corrected chi connectivity index (χ3v) is 3.06. The van der Waals surface area contributed by atoms with E-state index in [2.05, 4.69) is 10.3 Å². The van der Waals surface area contributed by atoms with Crippen LogP contribution in [0.5, 0.6) is 0 Å². The quantitative estimate of drug-likeness (QED) is 0.828. The van der Waals surface area contributed by atoms with Crippen molar-refractivity contribution in [3.05, 3.63) is 36.5 Å². The molecule has 3 N–H and O–H groups in total. The fraction of sp³-hybridized carbons (Fsp3) is 0.154. The highest BCUT2D eigenvalue weighted by Crippen LogP contribution is 2.21. The minimum absolute atomic E-state index is 0.181. The van der Waals surface area contributed by atoms with Crippen LogP contribution in [0.3, 0.4) is 0 Å². The molecule has 2 aromatic rings. The summed E-state index contributed by atoms with van der Waals surface area (Å²) in [7, 11) is 0. The number of thiocarbonyl (C=S) groups is 1. The Labute approximate surface area is 110 Å². The molecule has 92 valence electrons. The molecule has 1 heterocycles. The molecule has 5 heteroatoms. The standard InChI is InChI=1S/C13H13N3OS/c1-8(12(14)18)13(17)16-10-6-2-4-9-5-3-7-15-11(9)10/h2-8H,1H3,(H2,14,18)(H,16,17). The van der Waals surface area contributed by atoms with E-state index in [-0.39, 0.29) is 10.9 Å². The SMILES string of the molecule is CC(C(=O)Nc1cccc2cccnc12)C(N)=S. The lowest BCUT2D eigenvalue weighted by atomic mass is 10.1. The van der Waals surface area contributed by atoms with Gasteiger partial charge in [0.1, 0.15) is 0 Å². The van der Waals surface area contributed by atoms with Crippen molar-refractivity contribution < 1.29 is 4.79 Å². The predicted molar refractivity (Wildman–Crippen MR) is 76.3 cm³/mol. The molecule has 0 saturated heterocycles. The average molecular weight is 259 g/mol. The Balaban J connectivity index is 2.32. The fourth-order valence-electron chi connectivity index (χ4n) is 1.58. The molecule has 1 amide bonds.